The SMILES string of the molecule is Cc1nonc1CC(=O)N1CCCC(CNC(=O)c2ccc3c(c2)OCCO3)C1. The average Bonchev–Trinajstić information content (AvgIpc) is 3.16. The fraction of sp³-hybridized carbons (Fsp3) is 0.500. The number of ether oxygens (including phenoxy) is 2. The molecule has 1 aromatic heterocycles. The fourth-order valence-electron chi connectivity index (χ4n) is 3.65. The molecule has 1 fully saturated rings. The summed E-state index contributed by atoms with van der Waals surface area (Å²) >= 11 is 0. The maximum Gasteiger partial charge on any atom is 0.251 e. The maximum atomic E-state index is 12.6. The molecule has 0 radical (unpaired) electrons. The Morgan fingerprint density at radius 3 is 2.83 bits per heavy atom. The van der Waals surface area contributed by atoms with Crippen LogP contribution in [0.5, 0.6) is 11.5 Å². The summed E-state index contributed by atoms with van der Waals surface area (Å²) in [6.07, 6.45) is 2.06. The molecule has 9 nitrogen and oxygen atoms in total. The lowest BCUT2D eigenvalue weighted by molar-refractivity contribution is -0.132. The number of carbonyl (C=O) groups excluding carboxylic acids is 2. The van der Waals surface area contributed by atoms with Gasteiger partial charge in [0.15, 0.2) is 11.5 Å². The van der Waals surface area contributed by atoms with Gasteiger partial charge in [-0.25, -0.2) is 4.63 Å². The number of hydrogen-bond acceptors (Lipinski definition) is 7. The number of aryl methyl sites for hydroxylation is 1. The van der Waals surface area contributed by atoms with Crippen LogP contribution in [-0.4, -0.2) is 59.9 Å². The standard InChI is InChI=1S/C20H24N4O5/c1-13-16(23-29-22-13)10-19(25)24-6-2-3-14(12-24)11-21-20(26)15-4-5-17-18(9-15)28-8-7-27-17/h4-5,9,14H,2-3,6-8,10-12H2,1H3,(H,21,26). The van der Waals surface area contributed by atoms with Gasteiger partial charge in [-0.2, -0.15) is 0 Å². The first kappa shape index (κ1) is 19.2. The van der Waals surface area contributed by atoms with E-state index in [0.717, 1.165) is 19.4 Å². The molecule has 2 aromatic rings. The number of nitrogens with zero attached hydrogens (tertiary/aromatic N) is 3. The third kappa shape index (κ3) is 4.49. The molecule has 2 aliphatic rings. The molecule has 0 spiro atoms. The van der Waals surface area contributed by atoms with Gasteiger partial charge in [0.1, 0.15) is 24.6 Å². The van der Waals surface area contributed by atoms with E-state index in [0.29, 0.717) is 54.8 Å². The van der Waals surface area contributed by atoms with Gasteiger partial charge in [-0.15, -0.1) is 0 Å². The highest BCUT2D eigenvalue weighted by molar-refractivity contribution is 5.94. The Morgan fingerprint density at radius 1 is 1.21 bits per heavy atom. The largest absolute Gasteiger partial charge is 0.486 e. The lowest BCUT2D eigenvalue weighted by Gasteiger charge is -2.32. The van der Waals surface area contributed by atoms with Crippen molar-refractivity contribution in [2.45, 2.75) is 26.2 Å². The second-order valence-corrected chi connectivity index (χ2v) is 7.39. The number of nitrogens with one attached hydrogen (secondary N) is 1. The molecule has 4 rings (SSSR count). The highest BCUT2D eigenvalue weighted by Crippen LogP contribution is 2.30. The van der Waals surface area contributed by atoms with E-state index in [1.165, 1.54) is 0 Å². The van der Waals surface area contributed by atoms with Crippen LogP contribution in [0.4, 0.5) is 0 Å². The van der Waals surface area contributed by atoms with Crippen LogP contribution in [0.2, 0.25) is 0 Å². The number of benzene rings is 1. The summed E-state index contributed by atoms with van der Waals surface area (Å²) < 4.78 is 15.7. The molecular weight excluding hydrogens is 376 g/mol. The van der Waals surface area contributed by atoms with Gasteiger partial charge in [-0.1, -0.05) is 10.3 Å². The zero-order valence-electron chi connectivity index (χ0n) is 16.3. The van der Waals surface area contributed by atoms with E-state index in [2.05, 4.69) is 20.3 Å². The van der Waals surface area contributed by atoms with Gasteiger partial charge in [0.2, 0.25) is 5.91 Å². The van der Waals surface area contributed by atoms with E-state index >= 15 is 0 Å². The second-order valence-electron chi connectivity index (χ2n) is 7.39. The number of amides is 2. The summed E-state index contributed by atoms with van der Waals surface area (Å²) in [6, 6.07) is 5.19. The van der Waals surface area contributed by atoms with Crippen molar-refractivity contribution in [1.29, 1.82) is 0 Å². The fourth-order valence-corrected chi connectivity index (χ4v) is 3.65. The molecule has 0 saturated carbocycles. The van der Waals surface area contributed by atoms with Gasteiger partial charge < -0.3 is 19.7 Å². The van der Waals surface area contributed by atoms with Crippen molar-refractivity contribution in [3.8, 4) is 11.5 Å². The first-order valence-corrected chi connectivity index (χ1v) is 9.84. The van der Waals surface area contributed by atoms with Crippen molar-refractivity contribution in [1.82, 2.24) is 20.5 Å². The Balaban J connectivity index is 1.30. The molecule has 9 heteroatoms. The van der Waals surface area contributed by atoms with E-state index in [4.69, 9.17) is 9.47 Å². The first-order chi connectivity index (χ1) is 14.1. The maximum absolute atomic E-state index is 12.6. The summed E-state index contributed by atoms with van der Waals surface area (Å²) in [5, 5.41) is 10.5. The predicted molar refractivity (Wildman–Crippen MR) is 102 cm³/mol. The van der Waals surface area contributed by atoms with E-state index < -0.39 is 0 Å². The molecule has 2 amide bonds. The minimum absolute atomic E-state index is 0.00617. The van der Waals surface area contributed by atoms with Crippen molar-refractivity contribution in [3.05, 3.63) is 35.2 Å². The molecule has 2 aliphatic heterocycles. The smallest absolute Gasteiger partial charge is 0.251 e. The average molecular weight is 400 g/mol. The Morgan fingerprint density at radius 2 is 2.03 bits per heavy atom. The molecule has 29 heavy (non-hydrogen) atoms. The Labute approximate surface area is 168 Å². The summed E-state index contributed by atoms with van der Waals surface area (Å²) in [6.45, 7) is 4.61. The number of piperidine rings is 1. The molecule has 1 unspecified atom stereocenters. The second kappa shape index (κ2) is 8.50. The molecule has 1 atom stereocenters. The van der Waals surface area contributed by atoms with Gasteiger partial charge in [-0.3, -0.25) is 9.59 Å². The predicted octanol–water partition coefficient (Wildman–Crippen LogP) is 1.36. The van der Waals surface area contributed by atoms with Crippen LogP contribution >= 0.6 is 0 Å². The quantitative estimate of drug-likeness (QED) is 0.807. The van der Waals surface area contributed by atoms with Crippen LogP contribution < -0.4 is 14.8 Å². The molecule has 0 aliphatic carbocycles. The van der Waals surface area contributed by atoms with Crippen molar-refractivity contribution in [3.63, 3.8) is 0 Å². The van der Waals surface area contributed by atoms with Crippen LogP contribution in [0.25, 0.3) is 0 Å². The molecule has 154 valence electrons. The van der Waals surface area contributed by atoms with Gasteiger partial charge in [0, 0.05) is 25.2 Å². The zero-order chi connectivity index (χ0) is 20.2. The van der Waals surface area contributed by atoms with Crippen LogP contribution in [0.3, 0.4) is 0 Å². The van der Waals surface area contributed by atoms with Gasteiger partial charge in [0.05, 0.1) is 6.42 Å². The number of carbonyl (C=O) groups is 2. The van der Waals surface area contributed by atoms with Crippen molar-refractivity contribution in [2.24, 2.45) is 5.92 Å². The number of hydrogen-bond donors (Lipinski definition) is 1. The molecule has 1 saturated heterocycles. The lowest BCUT2D eigenvalue weighted by Crippen LogP contribution is -2.44. The topological polar surface area (TPSA) is 107 Å². The molecule has 1 aromatic carbocycles. The van der Waals surface area contributed by atoms with E-state index in [9.17, 15) is 9.59 Å². The van der Waals surface area contributed by atoms with E-state index in [-0.39, 0.29) is 24.2 Å². The van der Waals surface area contributed by atoms with Crippen LogP contribution in [0, 0.1) is 12.8 Å². The minimum atomic E-state index is -0.158. The van der Waals surface area contributed by atoms with E-state index in [1.54, 1.807) is 25.1 Å². The van der Waals surface area contributed by atoms with E-state index in [1.807, 2.05) is 4.90 Å². The third-order valence-corrected chi connectivity index (χ3v) is 5.29. The third-order valence-electron chi connectivity index (χ3n) is 5.29. The zero-order valence-corrected chi connectivity index (χ0v) is 16.3. The van der Waals surface area contributed by atoms with Gasteiger partial charge >= 0.3 is 0 Å². The van der Waals surface area contributed by atoms with Crippen molar-refractivity contribution >= 4 is 11.8 Å². The molecule has 1 N–H and O–H groups in total. The molecule has 3 heterocycles. The first-order valence-electron chi connectivity index (χ1n) is 9.84. The number of likely N-dealkylation sites (tertiary alicyclic amines) is 1. The Kier molecular flexibility index (Phi) is 5.64. The molecule has 0 bridgehead atoms. The summed E-state index contributed by atoms with van der Waals surface area (Å²) in [5.41, 5.74) is 1.75. The van der Waals surface area contributed by atoms with Crippen molar-refractivity contribution < 1.29 is 23.7 Å². The Bertz CT molecular complexity index is 897. The monoisotopic (exact) mass is 400 g/mol. The Hall–Kier alpha value is -3.10. The van der Waals surface area contributed by atoms with Crippen LogP contribution in [0.15, 0.2) is 22.8 Å². The van der Waals surface area contributed by atoms with Crippen LogP contribution in [-0.2, 0) is 11.2 Å². The highest BCUT2D eigenvalue weighted by atomic mass is 16.6. The summed E-state index contributed by atoms with van der Waals surface area (Å²) in [7, 11) is 0. The summed E-state index contributed by atoms with van der Waals surface area (Å²) in [4.78, 5) is 26.9. The molecular formula is C20H24N4O5. The summed E-state index contributed by atoms with van der Waals surface area (Å²) in [5.74, 6) is 1.31. The number of aromatic nitrogens is 2. The minimum Gasteiger partial charge on any atom is -0.486 e. The van der Waals surface area contributed by atoms with Crippen LogP contribution in [0.1, 0.15) is 34.6 Å². The van der Waals surface area contributed by atoms with Gasteiger partial charge in [-0.05, 0) is 43.9 Å². The highest BCUT2D eigenvalue weighted by Gasteiger charge is 2.25. The number of rotatable bonds is 5. The lowest BCUT2D eigenvalue weighted by atomic mass is 9.97. The van der Waals surface area contributed by atoms with Gasteiger partial charge in [0.25, 0.3) is 5.91 Å². The van der Waals surface area contributed by atoms with Crippen molar-refractivity contribution in [2.75, 3.05) is 32.8 Å². The number of fused-ring (bicyclic) bond motifs is 1. The normalized spacial score (nSPS) is 18.4.